The minimum absolute atomic E-state index is 0.248. The molecule has 0 spiro atoms. The monoisotopic (exact) mass is 630 g/mol. The molecule has 2 aliphatic heterocycles. The van der Waals surface area contributed by atoms with Gasteiger partial charge in [0.1, 0.15) is 35.9 Å². The van der Waals surface area contributed by atoms with Crippen LogP contribution in [0.4, 0.5) is 0 Å². The first-order chi connectivity index (χ1) is 22.0. The lowest BCUT2D eigenvalue weighted by atomic mass is 9.98. The Kier molecular flexibility index (Phi) is 10.2. The van der Waals surface area contributed by atoms with Gasteiger partial charge in [0, 0.05) is 10.5 Å². The van der Waals surface area contributed by atoms with Gasteiger partial charge in [-0.15, -0.1) is 0 Å². The van der Waals surface area contributed by atoms with E-state index in [1.807, 2.05) is 110 Å². The van der Waals surface area contributed by atoms with E-state index in [1.165, 1.54) is 0 Å². The number of ether oxygens (including phenoxy) is 7. The minimum atomic E-state index is -1.58. The minimum Gasteiger partial charge on any atom is -0.497 e. The predicted molar refractivity (Wildman–Crippen MR) is 169 cm³/mol. The summed E-state index contributed by atoms with van der Waals surface area (Å²) in [6.45, 7) is 2.78. The Morgan fingerprint density at radius 1 is 0.711 bits per heavy atom. The second-order valence-corrected chi connectivity index (χ2v) is 12.6. The molecule has 2 fully saturated rings. The zero-order chi connectivity index (χ0) is 31.2. The van der Waals surface area contributed by atoms with Crippen molar-refractivity contribution in [2.75, 3.05) is 20.8 Å². The van der Waals surface area contributed by atoms with Crippen molar-refractivity contribution in [2.45, 2.75) is 61.2 Å². The molecule has 0 amide bonds. The number of benzene rings is 4. The van der Waals surface area contributed by atoms with Gasteiger partial charge in [0.25, 0.3) is 0 Å². The number of aryl methyl sites for hydroxylation is 1. The first-order valence-corrected chi connectivity index (χ1v) is 16.2. The Balaban J connectivity index is 1.33. The molecular weight excluding hydrogens is 592 g/mol. The highest BCUT2D eigenvalue weighted by molar-refractivity contribution is 7.85. The quantitative estimate of drug-likeness (QED) is 0.196. The predicted octanol–water partition coefficient (Wildman–Crippen LogP) is 6.13. The van der Waals surface area contributed by atoms with Crippen molar-refractivity contribution in [3.05, 3.63) is 125 Å². The van der Waals surface area contributed by atoms with E-state index in [1.54, 1.807) is 14.2 Å². The number of rotatable bonds is 11. The zero-order valence-corrected chi connectivity index (χ0v) is 26.4. The second-order valence-electron chi connectivity index (χ2n) is 11.1. The Bertz CT molecular complexity index is 1530. The molecule has 7 atom stereocenters. The van der Waals surface area contributed by atoms with Gasteiger partial charge < -0.3 is 33.2 Å². The molecule has 8 nitrogen and oxygen atoms in total. The van der Waals surface area contributed by atoms with E-state index in [9.17, 15) is 4.21 Å². The molecule has 0 bridgehead atoms. The van der Waals surface area contributed by atoms with Gasteiger partial charge >= 0.3 is 0 Å². The first kappa shape index (κ1) is 31.4. The normalized spacial score (nSPS) is 25.2. The van der Waals surface area contributed by atoms with Crippen LogP contribution in [0.25, 0.3) is 0 Å². The largest absolute Gasteiger partial charge is 0.497 e. The Labute approximate surface area is 266 Å². The summed E-state index contributed by atoms with van der Waals surface area (Å²) in [5.41, 5.74) is 3.02. The van der Waals surface area contributed by atoms with E-state index >= 15 is 0 Å². The van der Waals surface area contributed by atoms with Crippen molar-refractivity contribution < 1.29 is 37.4 Å². The summed E-state index contributed by atoms with van der Waals surface area (Å²) in [5.74, 6) is 1.52. The molecule has 4 aromatic rings. The lowest BCUT2D eigenvalue weighted by molar-refractivity contribution is -0.330. The molecule has 2 heterocycles. The number of methoxy groups -OCH3 is 2. The van der Waals surface area contributed by atoms with Crippen molar-refractivity contribution in [1.29, 1.82) is 0 Å². The molecule has 0 aromatic heterocycles. The molecule has 0 saturated carbocycles. The summed E-state index contributed by atoms with van der Waals surface area (Å²) in [5, 5.41) is 0. The smallest absolute Gasteiger partial charge is 0.184 e. The van der Waals surface area contributed by atoms with Crippen LogP contribution in [-0.2, 0) is 47.7 Å². The van der Waals surface area contributed by atoms with Gasteiger partial charge in [-0.25, -0.2) is 0 Å². The van der Waals surface area contributed by atoms with Crippen LogP contribution in [0.1, 0.15) is 28.5 Å². The third kappa shape index (κ3) is 7.47. The maximum atomic E-state index is 14.2. The molecule has 9 heteroatoms. The van der Waals surface area contributed by atoms with Gasteiger partial charge in [-0.1, -0.05) is 72.3 Å². The van der Waals surface area contributed by atoms with Crippen LogP contribution in [0.3, 0.4) is 0 Å². The van der Waals surface area contributed by atoms with Gasteiger partial charge in [0.05, 0.1) is 44.8 Å². The molecule has 4 aromatic carbocycles. The summed E-state index contributed by atoms with van der Waals surface area (Å²) < 4.78 is 57.5. The fourth-order valence-electron chi connectivity index (χ4n) is 5.50. The highest BCUT2D eigenvalue weighted by Gasteiger charge is 2.53. The van der Waals surface area contributed by atoms with E-state index in [-0.39, 0.29) is 19.8 Å². The van der Waals surface area contributed by atoms with Crippen molar-refractivity contribution in [2.24, 2.45) is 0 Å². The molecule has 6 rings (SSSR count). The Morgan fingerprint density at radius 2 is 1.29 bits per heavy atom. The molecule has 0 aliphatic carbocycles. The van der Waals surface area contributed by atoms with E-state index in [4.69, 9.17) is 33.2 Å². The van der Waals surface area contributed by atoms with E-state index in [0.717, 1.165) is 33.8 Å². The van der Waals surface area contributed by atoms with Crippen LogP contribution in [-0.4, -0.2) is 54.9 Å². The van der Waals surface area contributed by atoms with E-state index in [2.05, 4.69) is 0 Å². The third-order valence-corrected chi connectivity index (χ3v) is 9.56. The Morgan fingerprint density at radius 3 is 1.87 bits per heavy atom. The second kappa shape index (κ2) is 14.7. The molecule has 0 radical (unpaired) electrons. The van der Waals surface area contributed by atoms with E-state index in [0.29, 0.717) is 4.90 Å². The van der Waals surface area contributed by atoms with Crippen molar-refractivity contribution in [3.8, 4) is 11.5 Å². The first-order valence-electron chi connectivity index (χ1n) is 15.0. The van der Waals surface area contributed by atoms with Gasteiger partial charge in [-0.05, 0) is 54.4 Å². The zero-order valence-electron chi connectivity index (χ0n) is 25.6. The molecule has 0 unspecified atom stereocenters. The summed E-state index contributed by atoms with van der Waals surface area (Å²) in [6.07, 6.45) is -3.04. The van der Waals surface area contributed by atoms with Crippen LogP contribution in [0, 0.1) is 6.92 Å². The maximum absolute atomic E-state index is 14.2. The van der Waals surface area contributed by atoms with Gasteiger partial charge in [0.15, 0.2) is 11.7 Å². The van der Waals surface area contributed by atoms with Gasteiger partial charge in [-0.3, -0.25) is 4.21 Å². The van der Waals surface area contributed by atoms with Gasteiger partial charge in [0.2, 0.25) is 0 Å². The highest BCUT2D eigenvalue weighted by Crippen LogP contribution is 2.39. The molecule has 2 aliphatic rings. The summed E-state index contributed by atoms with van der Waals surface area (Å²) in [4.78, 5) is 0.649. The lowest BCUT2D eigenvalue weighted by Gasteiger charge is -2.49. The van der Waals surface area contributed by atoms with E-state index < -0.39 is 46.9 Å². The number of hydrogen-bond acceptors (Lipinski definition) is 8. The fourth-order valence-corrected chi connectivity index (χ4v) is 6.89. The summed E-state index contributed by atoms with van der Waals surface area (Å²) in [6, 6.07) is 32.8. The van der Waals surface area contributed by atoms with Crippen LogP contribution in [0.2, 0.25) is 0 Å². The summed E-state index contributed by atoms with van der Waals surface area (Å²) >= 11 is 0. The third-order valence-electron chi connectivity index (χ3n) is 8.02. The molecule has 45 heavy (non-hydrogen) atoms. The average Bonchev–Trinajstić information content (AvgIpc) is 3.10. The van der Waals surface area contributed by atoms with Crippen LogP contribution in [0.5, 0.6) is 11.5 Å². The summed E-state index contributed by atoms with van der Waals surface area (Å²) in [7, 11) is 1.69. The maximum Gasteiger partial charge on any atom is 0.184 e. The molecule has 0 N–H and O–H groups in total. The SMILES string of the molecule is COc1ccc(CO[C@@H]2[C@@H](OCc3ccc(OC)cc3)[C@H]([S@@](=O)c3ccc(C)cc3)O[C@@H]3CO[C@@H](c4ccccc4)O[C@H]23)cc1. The molecular formula is C36H38O8S. The fraction of sp³-hybridized carbons (Fsp3) is 0.333. The van der Waals surface area contributed by atoms with Crippen molar-refractivity contribution in [1.82, 2.24) is 0 Å². The number of hydrogen-bond donors (Lipinski definition) is 0. The van der Waals surface area contributed by atoms with Crippen LogP contribution in [0.15, 0.2) is 108 Å². The van der Waals surface area contributed by atoms with Crippen LogP contribution >= 0.6 is 0 Å². The highest BCUT2D eigenvalue weighted by atomic mass is 32.2. The molecule has 236 valence electrons. The Hall–Kier alpha value is -3.57. The van der Waals surface area contributed by atoms with Crippen LogP contribution < -0.4 is 9.47 Å². The average molecular weight is 631 g/mol. The van der Waals surface area contributed by atoms with Crippen molar-refractivity contribution in [3.63, 3.8) is 0 Å². The standard InChI is InChI=1S/C36H38O8S/c1-24-9-19-30(20-10-24)45(37)36-34(41-22-26-13-17-29(39-3)18-14-26)33(40-21-25-11-15-28(38-2)16-12-25)32-31(43-36)23-42-35(44-32)27-7-5-4-6-8-27/h4-20,31-36H,21-23H2,1-3H3/t31-,32+,33+,34-,35-,36+,45+/m1/s1. The molecule has 2 saturated heterocycles. The van der Waals surface area contributed by atoms with Gasteiger partial charge in [-0.2, -0.15) is 0 Å². The number of fused-ring (bicyclic) bond motifs is 1. The van der Waals surface area contributed by atoms with Crippen molar-refractivity contribution >= 4 is 10.8 Å². The topological polar surface area (TPSA) is 81.7 Å². The lowest BCUT2D eigenvalue weighted by Crippen LogP contribution is -2.63.